The number of alkyl halides is 1. The lowest BCUT2D eigenvalue weighted by molar-refractivity contribution is -0.139. The number of amides is 3. The largest absolute Gasteiger partial charge is 0.395 e. The van der Waals surface area contributed by atoms with Crippen molar-refractivity contribution in [2.45, 2.75) is 40.6 Å². The number of aliphatic hydroxyl groups is 1. The van der Waals surface area contributed by atoms with Crippen LogP contribution in [0, 0.1) is 11.8 Å². The smallest absolute Gasteiger partial charge is 0.248 e. The summed E-state index contributed by atoms with van der Waals surface area (Å²) in [6, 6.07) is 12.9. The third-order valence-electron chi connectivity index (χ3n) is 7.25. The Morgan fingerprint density at radius 3 is 2.71 bits per heavy atom. The van der Waals surface area contributed by atoms with Crippen LogP contribution in [0.15, 0.2) is 42.5 Å². The molecule has 2 aromatic carbocycles. The van der Waals surface area contributed by atoms with Crippen LogP contribution >= 0.6 is 27.7 Å². The maximum atomic E-state index is 13.7. The number of aliphatic hydroxyl groups excluding tert-OH is 1. The number of likely N-dealkylation sites (tertiary alicyclic amines) is 1. The number of nitrogens with zero attached hydrogens (tertiary/aromatic N) is 1. The lowest BCUT2D eigenvalue weighted by Crippen LogP contribution is -2.53. The highest BCUT2D eigenvalue weighted by atomic mass is 79.9. The van der Waals surface area contributed by atoms with Gasteiger partial charge in [-0.05, 0) is 35.7 Å². The van der Waals surface area contributed by atoms with Crippen LogP contribution < -0.4 is 10.6 Å². The second-order valence-corrected chi connectivity index (χ2v) is 12.0. The Kier molecular flexibility index (Phi) is 6.37. The fraction of sp³-hybridized carbons (Fsp3) is 0.480. The number of halogens is 1. The van der Waals surface area contributed by atoms with Gasteiger partial charge < -0.3 is 20.6 Å². The number of β-amino-alcohol motifs (C(OH)–C–C–N with tert-alkyl or cyclic N) is 1. The minimum Gasteiger partial charge on any atom is -0.395 e. The van der Waals surface area contributed by atoms with Crippen molar-refractivity contribution in [3.8, 4) is 0 Å². The summed E-state index contributed by atoms with van der Waals surface area (Å²) in [5.41, 5.74) is 0.658. The van der Waals surface area contributed by atoms with E-state index in [1.54, 1.807) is 11.8 Å². The van der Waals surface area contributed by atoms with Gasteiger partial charge in [-0.2, -0.15) is 0 Å². The molecule has 7 nitrogen and oxygen atoms in total. The number of thioether (sulfide) groups is 1. The number of benzene rings is 2. The number of hydrogen-bond donors (Lipinski definition) is 3. The maximum absolute atomic E-state index is 13.7. The van der Waals surface area contributed by atoms with Gasteiger partial charge in [0.1, 0.15) is 6.04 Å². The van der Waals surface area contributed by atoms with Crippen LogP contribution in [0.4, 0.5) is 5.69 Å². The Hall–Kier alpha value is -2.10. The van der Waals surface area contributed by atoms with Crippen molar-refractivity contribution in [2.24, 2.45) is 11.8 Å². The topological polar surface area (TPSA) is 98.7 Å². The first kappa shape index (κ1) is 23.6. The van der Waals surface area contributed by atoms with Crippen molar-refractivity contribution in [3.05, 3.63) is 42.5 Å². The first-order valence-corrected chi connectivity index (χ1v) is 13.5. The molecule has 3 fully saturated rings. The van der Waals surface area contributed by atoms with E-state index in [-0.39, 0.29) is 41.0 Å². The molecule has 1 spiro atoms. The average molecular weight is 546 g/mol. The van der Waals surface area contributed by atoms with Crippen LogP contribution in [0.5, 0.6) is 0 Å². The molecule has 3 aliphatic rings. The Balaban J connectivity index is 1.48. The minimum absolute atomic E-state index is 0.0315. The van der Waals surface area contributed by atoms with Gasteiger partial charge in [0.05, 0.1) is 23.2 Å². The molecule has 34 heavy (non-hydrogen) atoms. The third-order valence-corrected chi connectivity index (χ3v) is 10.5. The van der Waals surface area contributed by atoms with Crippen molar-refractivity contribution in [2.75, 3.05) is 25.0 Å². The Morgan fingerprint density at radius 2 is 1.97 bits per heavy atom. The van der Waals surface area contributed by atoms with E-state index in [0.717, 1.165) is 17.2 Å². The molecule has 0 aliphatic carbocycles. The number of anilines is 1. The van der Waals surface area contributed by atoms with E-state index in [9.17, 15) is 19.5 Å². The molecule has 3 amide bonds. The molecule has 3 saturated heterocycles. The van der Waals surface area contributed by atoms with Crippen molar-refractivity contribution in [1.29, 1.82) is 0 Å². The van der Waals surface area contributed by atoms with Gasteiger partial charge in [0.2, 0.25) is 17.7 Å². The molecular weight excluding hydrogens is 518 g/mol. The van der Waals surface area contributed by atoms with Crippen LogP contribution in [0.3, 0.4) is 0 Å². The Morgan fingerprint density at radius 1 is 1.21 bits per heavy atom. The van der Waals surface area contributed by atoms with Crippen LogP contribution in [-0.2, 0) is 14.4 Å². The molecule has 0 saturated carbocycles. The normalized spacial score (nSPS) is 31.7. The van der Waals surface area contributed by atoms with Crippen LogP contribution in [-0.4, -0.2) is 68.3 Å². The molecule has 0 aromatic heterocycles. The first-order valence-electron chi connectivity index (χ1n) is 11.7. The van der Waals surface area contributed by atoms with E-state index in [0.29, 0.717) is 18.7 Å². The summed E-state index contributed by atoms with van der Waals surface area (Å²) in [5, 5.41) is 17.7. The lowest BCUT2D eigenvalue weighted by Gasteiger charge is -2.35. The van der Waals surface area contributed by atoms with Crippen molar-refractivity contribution < 1.29 is 19.5 Å². The van der Waals surface area contributed by atoms with Gasteiger partial charge in [-0.1, -0.05) is 53.2 Å². The van der Waals surface area contributed by atoms with E-state index in [4.69, 9.17) is 0 Å². The van der Waals surface area contributed by atoms with Crippen molar-refractivity contribution in [1.82, 2.24) is 10.2 Å². The zero-order valence-electron chi connectivity index (χ0n) is 18.9. The summed E-state index contributed by atoms with van der Waals surface area (Å²) in [6.07, 6.45) is 1.43. The molecule has 6 atom stereocenters. The monoisotopic (exact) mass is 545 g/mol. The molecule has 0 radical (unpaired) electrons. The highest BCUT2D eigenvalue weighted by Gasteiger charge is 2.75. The number of carbonyl (C=O) groups excluding carboxylic acids is 3. The van der Waals surface area contributed by atoms with Gasteiger partial charge >= 0.3 is 0 Å². The first-order chi connectivity index (χ1) is 16.4. The fourth-order valence-electron chi connectivity index (χ4n) is 5.92. The predicted octanol–water partition coefficient (Wildman–Crippen LogP) is 2.76. The van der Waals surface area contributed by atoms with Gasteiger partial charge in [-0.25, -0.2) is 0 Å². The second-order valence-electron chi connectivity index (χ2n) is 9.26. The van der Waals surface area contributed by atoms with E-state index in [2.05, 4.69) is 26.6 Å². The molecule has 9 heteroatoms. The summed E-state index contributed by atoms with van der Waals surface area (Å²) in [6.45, 7) is 2.36. The van der Waals surface area contributed by atoms with Crippen LogP contribution in [0.1, 0.15) is 19.8 Å². The molecule has 2 aromatic rings. The number of fused-ring (bicyclic) bond motifs is 2. The molecule has 5 rings (SSSR count). The molecular formula is C25H28BrN3O4S. The zero-order chi connectivity index (χ0) is 24.0. The zero-order valence-corrected chi connectivity index (χ0v) is 21.3. The molecule has 3 unspecified atom stereocenters. The van der Waals surface area contributed by atoms with Gasteiger partial charge in [0.15, 0.2) is 0 Å². The highest BCUT2D eigenvalue weighted by Crippen LogP contribution is 2.67. The van der Waals surface area contributed by atoms with Crippen molar-refractivity contribution >= 4 is 61.9 Å². The summed E-state index contributed by atoms with van der Waals surface area (Å²) in [4.78, 5) is 42.0. The molecule has 3 N–H and O–H groups in total. The van der Waals surface area contributed by atoms with Crippen LogP contribution in [0.2, 0.25) is 0 Å². The van der Waals surface area contributed by atoms with E-state index < -0.39 is 22.6 Å². The Labute approximate surface area is 211 Å². The van der Waals surface area contributed by atoms with Crippen molar-refractivity contribution in [3.63, 3.8) is 0 Å². The predicted molar refractivity (Wildman–Crippen MR) is 137 cm³/mol. The van der Waals surface area contributed by atoms with E-state index in [1.807, 2.05) is 49.4 Å². The fourth-order valence-corrected chi connectivity index (χ4v) is 9.54. The third kappa shape index (κ3) is 3.63. The van der Waals surface area contributed by atoms with Gasteiger partial charge in [-0.15, -0.1) is 11.8 Å². The molecule has 180 valence electrons. The van der Waals surface area contributed by atoms with E-state index in [1.165, 1.54) is 4.90 Å². The standard InChI is InChI=1S/C25H28BrN3O4S/c1-2-9-27-22(31)18-19-24(33)29(10-11-30)21(25(19)13-17(26)20(18)34-25)23(32)28-16-8-7-14-5-3-4-6-15(14)12-16/h3-8,12,17-21,30H,2,9-11,13H2,1H3,(H,27,31)(H,28,32)/t17?,18-,19+,20-,21?,25?/m1/s1. The minimum atomic E-state index is -0.761. The van der Waals surface area contributed by atoms with Crippen LogP contribution in [0.25, 0.3) is 10.8 Å². The lowest BCUT2D eigenvalue weighted by atomic mass is 9.70. The maximum Gasteiger partial charge on any atom is 0.248 e. The summed E-state index contributed by atoms with van der Waals surface area (Å²) in [5.74, 6) is -1.68. The molecule has 3 aliphatic heterocycles. The number of nitrogens with one attached hydrogen (secondary N) is 2. The average Bonchev–Trinajstić information content (AvgIpc) is 3.41. The van der Waals surface area contributed by atoms with Gasteiger partial charge in [-0.3, -0.25) is 14.4 Å². The van der Waals surface area contributed by atoms with Gasteiger partial charge in [0.25, 0.3) is 0 Å². The van der Waals surface area contributed by atoms with Gasteiger partial charge in [0, 0.05) is 28.9 Å². The SMILES string of the molecule is CCCNC(=O)[C@H]1[C@@H]2SC3(CC2Br)C(C(=O)Nc2ccc4ccccc4c2)N(CCO)C(=O)[C@H]13. The number of rotatable bonds is 7. The summed E-state index contributed by atoms with van der Waals surface area (Å²) in [7, 11) is 0. The second kappa shape index (κ2) is 9.17. The molecule has 2 bridgehead atoms. The number of hydrogen-bond acceptors (Lipinski definition) is 5. The summed E-state index contributed by atoms with van der Waals surface area (Å²) >= 11 is 5.34. The van der Waals surface area contributed by atoms with E-state index >= 15 is 0 Å². The highest BCUT2D eigenvalue weighted by molar-refractivity contribution is 9.09. The number of carbonyl (C=O) groups is 3. The Bertz CT molecular complexity index is 1150. The quantitative estimate of drug-likeness (QED) is 0.464. The summed E-state index contributed by atoms with van der Waals surface area (Å²) < 4.78 is -0.708. The molecule has 3 heterocycles.